The Kier molecular flexibility index (Phi) is 4.93. The highest BCUT2D eigenvalue weighted by molar-refractivity contribution is 9.10. The second-order valence-corrected chi connectivity index (χ2v) is 5.23. The first-order chi connectivity index (χ1) is 9.11. The Morgan fingerprint density at radius 2 is 2.32 bits per heavy atom. The van der Waals surface area contributed by atoms with Gasteiger partial charge in [0, 0.05) is 23.8 Å². The third-order valence-corrected chi connectivity index (χ3v) is 3.78. The molecule has 0 saturated heterocycles. The number of rotatable bonds is 5. The van der Waals surface area contributed by atoms with E-state index in [-0.39, 0.29) is 6.04 Å². The molecule has 0 spiro atoms. The first kappa shape index (κ1) is 14.5. The molecule has 0 amide bonds. The summed E-state index contributed by atoms with van der Waals surface area (Å²) < 4.78 is 10.9. The van der Waals surface area contributed by atoms with Gasteiger partial charge in [0.1, 0.15) is 0 Å². The van der Waals surface area contributed by atoms with Gasteiger partial charge in [-0.25, -0.2) is 0 Å². The van der Waals surface area contributed by atoms with Crippen LogP contribution in [-0.4, -0.2) is 23.9 Å². The van der Waals surface area contributed by atoms with Crippen molar-refractivity contribution >= 4 is 27.5 Å². The molecular formula is C12H13BrClN3O2. The average molecular weight is 347 g/mol. The Labute approximate surface area is 124 Å². The molecule has 0 saturated carbocycles. The number of methoxy groups -OCH3 is 1. The normalized spacial score (nSPS) is 12.6. The van der Waals surface area contributed by atoms with Crippen LogP contribution < -0.4 is 5.73 Å². The van der Waals surface area contributed by atoms with Crippen molar-refractivity contribution < 1.29 is 9.26 Å². The van der Waals surface area contributed by atoms with Gasteiger partial charge in [-0.1, -0.05) is 16.8 Å². The van der Waals surface area contributed by atoms with E-state index in [0.717, 1.165) is 10.0 Å². The van der Waals surface area contributed by atoms with Crippen LogP contribution in [0.4, 0.5) is 0 Å². The topological polar surface area (TPSA) is 74.2 Å². The molecule has 0 aliphatic heterocycles. The zero-order valence-electron chi connectivity index (χ0n) is 10.3. The molecule has 0 fully saturated rings. The number of aromatic nitrogens is 2. The summed E-state index contributed by atoms with van der Waals surface area (Å²) in [6.45, 7) is 0.547. The largest absolute Gasteiger partial charge is 0.385 e. The van der Waals surface area contributed by atoms with Gasteiger partial charge in [-0.2, -0.15) is 4.98 Å². The van der Waals surface area contributed by atoms with Crippen LogP contribution in [-0.2, 0) is 4.74 Å². The smallest absolute Gasteiger partial charge is 0.243 e. The minimum Gasteiger partial charge on any atom is -0.385 e. The minimum absolute atomic E-state index is 0.322. The monoisotopic (exact) mass is 345 g/mol. The molecule has 5 nitrogen and oxygen atoms in total. The summed E-state index contributed by atoms with van der Waals surface area (Å²) in [4.78, 5) is 4.28. The lowest BCUT2D eigenvalue weighted by Crippen LogP contribution is -2.12. The van der Waals surface area contributed by atoms with Gasteiger partial charge in [0.05, 0.1) is 11.1 Å². The van der Waals surface area contributed by atoms with Gasteiger partial charge in [-0.3, -0.25) is 0 Å². The van der Waals surface area contributed by atoms with Crippen LogP contribution in [0.2, 0.25) is 5.02 Å². The zero-order chi connectivity index (χ0) is 13.8. The Bertz CT molecular complexity index is 562. The predicted octanol–water partition coefficient (Wildman–Crippen LogP) is 3.19. The SMILES string of the molecule is COCCC(N)c1nc(-c2ccc(Cl)c(Br)c2)no1. The molecule has 1 atom stereocenters. The quantitative estimate of drug-likeness (QED) is 0.900. The number of halogens is 2. The molecule has 1 aromatic heterocycles. The van der Waals surface area contributed by atoms with Crippen molar-refractivity contribution in [3.8, 4) is 11.4 Å². The summed E-state index contributed by atoms with van der Waals surface area (Å²) in [5.74, 6) is 0.887. The van der Waals surface area contributed by atoms with E-state index in [0.29, 0.717) is 29.8 Å². The standard InChI is InChI=1S/C12H13BrClN3O2/c1-18-5-4-10(15)12-16-11(17-19-12)7-2-3-9(14)8(13)6-7/h2-3,6,10H,4-5,15H2,1H3. The van der Waals surface area contributed by atoms with Crippen LogP contribution in [0.15, 0.2) is 27.2 Å². The van der Waals surface area contributed by atoms with Crippen molar-refractivity contribution in [2.75, 3.05) is 13.7 Å². The van der Waals surface area contributed by atoms with Crippen molar-refractivity contribution in [1.82, 2.24) is 10.1 Å². The van der Waals surface area contributed by atoms with Crippen molar-refractivity contribution in [3.63, 3.8) is 0 Å². The predicted molar refractivity (Wildman–Crippen MR) is 75.9 cm³/mol. The molecule has 2 aromatic rings. The molecule has 0 aliphatic rings. The molecule has 1 aromatic carbocycles. The molecule has 0 bridgehead atoms. The molecule has 1 heterocycles. The fraction of sp³-hybridized carbons (Fsp3) is 0.333. The lowest BCUT2D eigenvalue weighted by Gasteiger charge is -2.04. The van der Waals surface area contributed by atoms with Crippen molar-refractivity contribution in [2.45, 2.75) is 12.5 Å². The molecule has 2 N–H and O–H groups in total. The molecule has 7 heteroatoms. The first-order valence-corrected chi connectivity index (χ1v) is 6.82. The summed E-state index contributed by atoms with van der Waals surface area (Å²) in [7, 11) is 1.62. The number of nitrogens with zero attached hydrogens (tertiary/aromatic N) is 2. The van der Waals surface area contributed by atoms with Crippen LogP contribution in [0.1, 0.15) is 18.4 Å². The molecule has 2 rings (SSSR count). The first-order valence-electron chi connectivity index (χ1n) is 5.65. The van der Waals surface area contributed by atoms with Gasteiger partial charge in [0.15, 0.2) is 0 Å². The molecule has 1 unspecified atom stereocenters. The lowest BCUT2D eigenvalue weighted by atomic mass is 10.2. The highest BCUT2D eigenvalue weighted by Crippen LogP contribution is 2.28. The maximum Gasteiger partial charge on any atom is 0.243 e. The van der Waals surface area contributed by atoms with E-state index in [4.69, 9.17) is 26.6 Å². The number of benzene rings is 1. The lowest BCUT2D eigenvalue weighted by molar-refractivity contribution is 0.182. The van der Waals surface area contributed by atoms with Gasteiger partial charge in [-0.05, 0) is 40.5 Å². The van der Waals surface area contributed by atoms with E-state index in [1.54, 1.807) is 13.2 Å². The summed E-state index contributed by atoms with van der Waals surface area (Å²) >= 11 is 9.29. The molecule has 0 radical (unpaired) electrons. The Morgan fingerprint density at radius 1 is 1.53 bits per heavy atom. The number of hydrogen-bond acceptors (Lipinski definition) is 5. The van der Waals surface area contributed by atoms with Crippen LogP contribution in [0, 0.1) is 0 Å². The Morgan fingerprint density at radius 3 is 3.00 bits per heavy atom. The summed E-state index contributed by atoms with van der Waals surface area (Å²) in [6, 6.07) is 5.10. The van der Waals surface area contributed by atoms with E-state index in [2.05, 4.69) is 26.1 Å². The average Bonchev–Trinajstić information content (AvgIpc) is 2.89. The van der Waals surface area contributed by atoms with E-state index < -0.39 is 0 Å². The minimum atomic E-state index is -0.322. The van der Waals surface area contributed by atoms with E-state index >= 15 is 0 Å². The number of nitrogens with two attached hydrogens (primary N) is 1. The molecular weight excluding hydrogens is 334 g/mol. The summed E-state index contributed by atoms with van der Waals surface area (Å²) in [5.41, 5.74) is 6.73. The second-order valence-electron chi connectivity index (χ2n) is 3.97. The third kappa shape index (κ3) is 3.54. The van der Waals surface area contributed by atoms with Crippen LogP contribution >= 0.6 is 27.5 Å². The van der Waals surface area contributed by atoms with Gasteiger partial charge in [0.2, 0.25) is 11.7 Å². The Hall–Kier alpha value is -0.950. The van der Waals surface area contributed by atoms with E-state index in [1.807, 2.05) is 12.1 Å². The molecule has 19 heavy (non-hydrogen) atoms. The van der Waals surface area contributed by atoms with Crippen LogP contribution in [0.3, 0.4) is 0 Å². The Balaban J connectivity index is 2.18. The highest BCUT2D eigenvalue weighted by Gasteiger charge is 2.15. The maximum atomic E-state index is 5.94. The van der Waals surface area contributed by atoms with Crippen LogP contribution in [0.5, 0.6) is 0 Å². The highest BCUT2D eigenvalue weighted by atomic mass is 79.9. The number of hydrogen-bond donors (Lipinski definition) is 1. The van der Waals surface area contributed by atoms with Gasteiger partial charge in [0.25, 0.3) is 0 Å². The van der Waals surface area contributed by atoms with Gasteiger partial charge >= 0.3 is 0 Å². The second kappa shape index (κ2) is 6.47. The van der Waals surface area contributed by atoms with Gasteiger partial charge in [-0.15, -0.1) is 0 Å². The fourth-order valence-electron chi connectivity index (χ4n) is 1.51. The van der Waals surface area contributed by atoms with Crippen molar-refractivity contribution in [2.24, 2.45) is 5.73 Å². The molecule has 102 valence electrons. The maximum absolute atomic E-state index is 5.94. The molecule has 0 aliphatic carbocycles. The van der Waals surface area contributed by atoms with Crippen LogP contribution in [0.25, 0.3) is 11.4 Å². The number of ether oxygens (including phenoxy) is 1. The van der Waals surface area contributed by atoms with Crippen molar-refractivity contribution in [3.05, 3.63) is 33.6 Å². The fourth-order valence-corrected chi connectivity index (χ4v) is 2.00. The van der Waals surface area contributed by atoms with E-state index in [1.165, 1.54) is 0 Å². The zero-order valence-corrected chi connectivity index (χ0v) is 12.6. The van der Waals surface area contributed by atoms with Gasteiger partial charge < -0.3 is 15.0 Å². The summed E-state index contributed by atoms with van der Waals surface area (Å²) in [6.07, 6.45) is 0.627. The third-order valence-electron chi connectivity index (χ3n) is 2.57. The summed E-state index contributed by atoms with van der Waals surface area (Å²) in [5, 5.41) is 4.54. The van der Waals surface area contributed by atoms with Crippen molar-refractivity contribution in [1.29, 1.82) is 0 Å². The van der Waals surface area contributed by atoms with E-state index in [9.17, 15) is 0 Å².